The third-order valence-electron chi connectivity index (χ3n) is 15.4. The van der Waals surface area contributed by atoms with Gasteiger partial charge in [-0.15, -0.1) is 0 Å². The topological polar surface area (TPSA) is 263 Å². The number of fused-ring (bicyclic) bond motifs is 5. The van der Waals surface area contributed by atoms with Crippen LogP contribution in [0.25, 0.3) is 0 Å². The first-order chi connectivity index (χ1) is 27.1. The normalized spacial score (nSPS) is 49.4. The Kier molecular flexibility index (Phi) is 14.2. The molecule has 6 rings (SSSR count). The molecular formula is C40H67O17S-. The molecule has 0 radical (unpaired) electrons. The van der Waals surface area contributed by atoms with Crippen LogP contribution in [0.3, 0.4) is 0 Å². The lowest BCUT2D eigenvalue weighted by Crippen LogP contribution is -2.71. The van der Waals surface area contributed by atoms with Gasteiger partial charge < -0.3 is 68.7 Å². The molecule has 21 atom stereocenters. The summed E-state index contributed by atoms with van der Waals surface area (Å²) in [5.74, 6) is -2.28. The van der Waals surface area contributed by atoms with E-state index in [0.717, 1.165) is 0 Å². The van der Waals surface area contributed by atoms with Gasteiger partial charge in [-0.3, -0.25) is 4.18 Å². The maximum absolute atomic E-state index is 12.8. The second kappa shape index (κ2) is 17.7. The molecule has 17 nitrogen and oxygen atoms in total. The van der Waals surface area contributed by atoms with E-state index in [4.69, 9.17) is 32.6 Å². The van der Waals surface area contributed by atoms with Crippen molar-refractivity contribution in [1.29, 1.82) is 0 Å². The Morgan fingerprint density at radius 1 is 0.879 bits per heavy atom. The smallest absolute Gasteiger partial charge is 0.217 e. The van der Waals surface area contributed by atoms with Crippen LogP contribution < -0.4 is 0 Å². The summed E-state index contributed by atoms with van der Waals surface area (Å²) in [6, 6.07) is 0. The highest BCUT2D eigenvalue weighted by atomic mass is 32.3. The summed E-state index contributed by atoms with van der Waals surface area (Å²) in [4.78, 5) is 0. The second-order valence-electron chi connectivity index (χ2n) is 18.8. The van der Waals surface area contributed by atoms with Crippen LogP contribution in [0.15, 0.2) is 12.2 Å². The molecule has 0 bridgehead atoms. The molecule has 4 aliphatic carbocycles. The fourth-order valence-electron chi connectivity index (χ4n) is 12.4. The number of ether oxygens (including phenoxy) is 6. The first kappa shape index (κ1) is 46.6. The van der Waals surface area contributed by atoms with Gasteiger partial charge in [0.1, 0.15) is 36.6 Å². The molecule has 0 aromatic rings. The Hall–Kier alpha value is -0.910. The van der Waals surface area contributed by atoms with Crippen LogP contribution in [-0.2, 0) is 43.0 Å². The van der Waals surface area contributed by atoms with Crippen LogP contribution in [0.4, 0.5) is 0 Å². The Morgan fingerprint density at radius 2 is 1.57 bits per heavy atom. The lowest BCUT2D eigenvalue weighted by molar-refractivity contribution is -0.310. The van der Waals surface area contributed by atoms with Crippen molar-refractivity contribution in [3.05, 3.63) is 12.2 Å². The van der Waals surface area contributed by atoms with Crippen molar-refractivity contribution in [3.63, 3.8) is 0 Å². The number of hydrogen-bond acceptors (Lipinski definition) is 17. The van der Waals surface area contributed by atoms with Crippen molar-refractivity contribution in [1.82, 2.24) is 0 Å². The maximum Gasteiger partial charge on any atom is 0.217 e. The molecule has 0 spiro atoms. The molecule has 0 amide bonds. The average Bonchev–Trinajstić information content (AvgIpc) is 3.60. The minimum atomic E-state index is -5.24. The number of aliphatic hydroxyl groups excluding tert-OH is 6. The molecule has 4 saturated carbocycles. The lowest BCUT2D eigenvalue weighted by atomic mass is 9.41. The van der Waals surface area contributed by atoms with E-state index in [1.54, 1.807) is 0 Å². The molecule has 2 heterocycles. The van der Waals surface area contributed by atoms with Crippen molar-refractivity contribution in [3.8, 4) is 0 Å². The number of rotatable bonds is 14. The van der Waals surface area contributed by atoms with Crippen molar-refractivity contribution >= 4 is 10.4 Å². The number of methoxy groups -OCH3 is 2. The van der Waals surface area contributed by atoms with Crippen molar-refractivity contribution in [2.45, 2.75) is 152 Å². The third-order valence-corrected chi connectivity index (χ3v) is 15.9. The van der Waals surface area contributed by atoms with Gasteiger partial charge >= 0.3 is 0 Å². The van der Waals surface area contributed by atoms with E-state index in [9.17, 15) is 48.7 Å². The van der Waals surface area contributed by atoms with E-state index in [1.165, 1.54) is 14.2 Å². The van der Waals surface area contributed by atoms with Gasteiger partial charge in [-0.1, -0.05) is 46.8 Å². The Balaban J connectivity index is 1.17. The van der Waals surface area contributed by atoms with Crippen LogP contribution in [-0.4, -0.2) is 162 Å². The van der Waals surface area contributed by atoms with Crippen LogP contribution >= 0.6 is 0 Å². The molecular weight excluding hydrogens is 784 g/mol. The summed E-state index contributed by atoms with van der Waals surface area (Å²) in [5.41, 5.74) is -3.08. The molecule has 0 unspecified atom stereocenters. The van der Waals surface area contributed by atoms with Crippen molar-refractivity contribution in [2.24, 2.45) is 52.3 Å². The highest BCUT2D eigenvalue weighted by Crippen LogP contribution is 2.70. The van der Waals surface area contributed by atoms with Gasteiger partial charge in [-0.25, -0.2) is 8.42 Å². The van der Waals surface area contributed by atoms with E-state index < -0.39 is 125 Å². The molecule has 336 valence electrons. The molecule has 2 saturated heterocycles. The Morgan fingerprint density at radius 3 is 2.19 bits per heavy atom. The van der Waals surface area contributed by atoms with E-state index in [2.05, 4.69) is 26.0 Å². The second-order valence-corrected chi connectivity index (χ2v) is 19.8. The average molecular weight is 852 g/mol. The van der Waals surface area contributed by atoms with Gasteiger partial charge in [-0.2, -0.15) is 0 Å². The van der Waals surface area contributed by atoms with Gasteiger partial charge in [0.05, 0.1) is 49.8 Å². The summed E-state index contributed by atoms with van der Waals surface area (Å²) in [6.07, 6.45) is -6.93. The van der Waals surface area contributed by atoms with Crippen LogP contribution in [0.2, 0.25) is 0 Å². The fourth-order valence-corrected chi connectivity index (χ4v) is 12.9. The van der Waals surface area contributed by atoms with Crippen LogP contribution in [0, 0.1) is 52.3 Å². The van der Waals surface area contributed by atoms with Crippen LogP contribution in [0.1, 0.15) is 73.1 Å². The molecule has 18 heteroatoms. The van der Waals surface area contributed by atoms with E-state index in [-0.39, 0.29) is 49.7 Å². The summed E-state index contributed by atoms with van der Waals surface area (Å²) >= 11 is 0. The highest BCUT2D eigenvalue weighted by molar-refractivity contribution is 7.80. The lowest BCUT2D eigenvalue weighted by Gasteiger charge is -2.66. The first-order valence-electron chi connectivity index (χ1n) is 20.8. The molecule has 6 aliphatic rings. The first-order valence-corrected chi connectivity index (χ1v) is 22.1. The van der Waals surface area contributed by atoms with Gasteiger partial charge in [0.2, 0.25) is 10.4 Å². The summed E-state index contributed by atoms with van der Waals surface area (Å²) in [6.45, 7) is 9.76. The van der Waals surface area contributed by atoms with E-state index in [1.807, 2.05) is 20.8 Å². The Labute approximate surface area is 341 Å². The quantitative estimate of drug-likeness (QED) is 0.0700. The summed E-state index contributed by atoms with van der Waals surface area (Å²) in [5, 5.41) is 78.1. The predicted octanol–water partition coefficient (Wildman–Crippen LogP) is 0.210. The molecule has 2 aliphatic heterocycles. The zero-order chi connectivity index (χ0) is 42.7. The van der Waals surface area contributed by atoms with Gasteiger partial charge in [0.15, 0.2) is 12.6 Å². The molecule has 0 aromatic carbocycles. The van der Waals surface area contributed by atoms with E-state index in [0.29, 0.717) is 25.7 Å². The van der Waals surface area contributed by atoms with Gasteiger partial charge in [0.25, 0.3) is 0 Å². The van der Waals surface area contributed by atoms with Crippen molar-refractivity contribution < 1.29 is 81.3 Å². The van der Waals surface area contributed by atoms with Gasteiger partial charge in [-0.05, 0) is 66.6 Å². The van der Waals surface area contributed by atoms with Crippen LogP contribution in [0.5, 0.6) is 0 Å². The SMILES string of the molecule is CO[C@H]1[C@H](O[C@H]2[C@H](OC[C@@H](/C=C/[C@@H](C)[C@H]3C[C@@H](O)[C@@H]4[C@]3(C)CC[C@@H]3[C@@]5(C)CC[C@H](O)[C@H](O)[C@@H]5[C@@H](OS(=O)(=O)[O-])C[C@]34O)C(C)C)O[C@@H](CO)[C@@H]2O)OC[C@@H](OC)[C@@H]1O. The molecule has 6 fully saturated rings. The fraction of sp³-hybridized carbons (Fsp3) is 0.950. The molecule has 7 N–H and O–H groups in total. The molecule has 58 heavy (non-hydrogen) atoms. The Bertz CT molecular complexity index is 1530. The van der Waals surface area contributed by atoms with E-state index >= 15 is 0 Å². The minimum absolute atomic E-state index is 0.0204. The summed E-state index contributed by atoms with van der Waals surface area (Å²) in [7, 11) is -2.39. The monoisotopic (exact) mass is 851 g/mol. The zero-order valence-corrected chi connectivity index (χ0v) is 35.4. The summed E-state index contributed by atoms with van der Waals surface area (Å²) < 4.78 is 75.8. The zero-order valence-electron chi connectivity index (χ0n) is 34.6. The van der Waals surface area contributed by atoms with Crippen molar-refractivity contribution in [2.75, 3.05) is 34.0 Å². The maximum atomic E-state index is 12.8. The third kappa shape index (κ3) is 8.45. The van der Waals surface area contributed by atoms with Gasteiger partial charge in [0, 0.05) is 38.4 Å². The minimum Gasteiger partial charge on any atom is -0.726 e. The number of aliphatic hydroxyl groups is 7. The standard InChI is InChI=1S/C40H68O17S/c1-19(2)21(17-53-37-34(31(45)26(16-41)55-37)56-36-33(52-7)32(46)27(51-6)18-54-36)9-8-20(3)22-14-24(43)35-38(22,4)13-11-28-39(5)12-10-23(42)30(44)29(39)25(15-40(28,35)47)57-58(48,49)50/h8-9,19-37,41-47H,10-18H2,1-7H3,(H,48,49,50)/p-1/b9-8+/t20-,21-,22-,23+,24-,25+,26+,27-,28-,29+,30+,31+,32+,33-,34-,35-,36+,37-,38-,39-,40+/m1/s1. The number of hydrogen-bond donors (Lipinski definition) is 7. The molecule has 0 aromatic heterocycles. The number of allylic oxidation sites excluding steroid dienone is 1. The predicted molar refractivity (Wildman–Crippen MR) is 202 cm³/mol. The highest BCUT2D eigenvalue weighted by Gasteiger charge is 2.72. The largest absolute Gasteiger partial charge is 0.726 e.